The highest BCUT2D eigenvalue weighted by Gasteiger charge is 2.50. The van der Waals surface area contributed by atoms with Gasteiger partial charge in [0.15, 0.2) is 17.5 Å². The molecule has 4 nitrogen and oxygen atoms in total. The summed E-state index contributed by atoms with van der Waals surface area (Å²) in [5.74, 6) is 1.90. The van der Waals surface area contributed by atoms with Crippen molar-refractivity contribution in [1.82, 2.24) is 15.0 Å². The third-order valence-electron chi connectivity index (χ3n) is 11.2. The topological polar surface area (TPSA) is 41.9 Å². The zero-order valence-electron chi connectivity index (χ0n) is 30.8. The molecule has 0 unspecified atom stereocenters. The largest absolute Gasteiger partial charge is 0.309 e. The molecule has 57 heavy (non-hydrogen) atoms. The number of aromatic nitrogens is 3. The minimum atomic E-state index is -0.512. The van der Waals surface area contributed by atoms with E-state index in [0.717, 1.165) is 44.9 Å². The number of hydrogen-bond acceptors (Lipinski definition) is 5. The van der Waals surface area contributed by atoms with Gasteiger partial charge in [-0.25, -0.2) is 15.0 Å². The van der Waals surface area contributed by atoms with E-state index in [1.165, 1.54) is 32.0 Å². The Morgan fingerprint density at radius 3 is 1.25 bits per heavy atom. The van der Waals surface area contributed by atoms with Gasteiger partial charge in [-0.15, -0.1) is 0 Å². The lowest BCUT2D eigenvalue weighted by Gasteiger charge is -2.49. The number of para-hydroxylation sites is 3. The van der Waals surface area contributed by atoms with E-state index < -0.39 is 5.41 Å². The van der Waals surface area contributed by atoms with Gasteiger partial charge >= 0.3 is 0 Å². The number of fused-ring (bicyclic) bond motifs is 8. The molecule has 1 spiro atoms. The van der Waals surface area contributed by atoms with E-state index in [4.69, 9.17) is 15.0 Å². The lowest BCUT2D eigenvalue weighted by atomic mass is 9.62. The standard InChI is InChI=1S/C52H34N4S/c1-3-19-35(20-4-1)49-53-50(36-21-5-2-6-22-36)55-51(54-49)39-25-8-7-23-37(39)38-24-9-14-30-44(38)56-45-31-15-10-26-40(45)52(41-27-11-16-32-46(41)56)42-28-12-17-33-47(42)57-48-34-18-13-29-43(48)52/h1-34H. The van der Waals surface area contributed by atoms with Crippen LogP contribution in [0.5, 0.6) is 0 Å². The van der Waals surface area contributed by atoms with E-state index in [2.05, 4.69) is 175 Å². The first-order valence-electron chi connectivity index (χ1n) is 19.2. The van der Waals surface area contributed by atoms with Crippen molar-refractivity contribution in [3.8, 4) is 45.3 Å². The highest BCUT2D eigenvalue weighted by molar-refractivity contribution is 7.99. The van der Waals surface area contributed by atoms with E-state index in [-0.39, 0.29) is 0 Å². The molecule has 0 amide bonds. The summed E-state index contributed by atoms with van der Waals surface area (Å²) in [5, 5.41) is 0. The van der Waals surface area contributed by atoms with E-state index >= 15 is 0 Å². The molecule has 268 valence electrons. The molecule has 1 aromatic heterocycles. The molecule has 0 radical (unpaired) electrons. The Bertz CT molecular complexity index is 2810. The summed E-state index contributed by atoms with van der Waals surface area (Å²) in [6.45, 7) is 0. The Morgan fingerprint density at radius 2 is 0.702 bits per heavy atom. The van der Waals surface area contributed by atoms with E-state index in [0.29, 0.717) is 17.5 Å². The van der Waals surface area contributed by atoms with Gasteiger partial charge in [-0.3, -0.25) is 0 Å². The molecular formula is C52H34N4S. The van der Waals surface area contributed by atoms with Crippen molar-refractivity contribution in [3.63, 3.8) is 0 Å². The summed E-state index contributed by atoms with van der Waals surface area (Å²) in [5.41, 5.74) is 12.9. The molecule has 0 saturated carbocycles. The lowest BCUT2D eigenvalue weighted by molar-refractivity contribution is 0.692. The van der Waals surface area contributed by atoms with E-state index in [1.807, 2.05) is 48.2 Å². The zero-order chi connectivity index (χ0) is 37.8. The second-order valence-corrected chi connectivity index (χ2v) is 15.4. The number of rotatable bonds is 5. The van der Waals surface area contributed by atoms with Crippen LogP contribution in [-0.2, 0) is 5.41 Å². The van der Waals surface area contributed by atoms with Gasteiger partial charge in [-0.2, -0.15) is 0 Å². The molecule has 0 aliphatic carbocycles. The van der Waals surface area contributed by atoms with Gasteiger partial charge in [0.05, 0.1) is 22.5 Å². The Balaban J connectivity index is 1.15. The van der Waals surface area contributed by atoms with Crippen molar-refractivity contribution < 1.29 is 0 Å². The minimum Gasteiger partial charge on any atom is -0.309 e. The van der Waals surface area contributed by atoms with E-state index in [1.54, 1.807) is 0 Å². The molecule has 11 rings (SSSR count). The summed E-state index contributed by atoms with van der Waals surface area (Å²) in [7, 11) is 0. The van der Waals surface area contributed by atoms with Gasteiger partial charge in [0.2, 0.25) is 0 Å². The van der Waals surface area contributed by atoms with Crippen LogP contribution in [0.2, 0.25) is 0 Å². The van der Waals surface area contributed by atoms with Gasteiger partial charge in [-0.05, 0) is 58.1 Å². The number of hydrogen-bond donors (Lipinski definition) is 0. The third-order valence-corrected chi connectivity index (χ3v) is 12.4. The van der Waals surface area contributed by atoms with Gasteiger partial charge in [0, 0.05) is 32.0 Å². The fraction of sp³-hybridized carbons (Fsp3) is 0.0192. The summed E-state index contributed by atoms with van der Waals surface area (Å²) in [6, 6.07) is 73.4. The highest BCUT2D eigenvalue weighted by Crippen LogP contribution is 2.63. The smallest absolute Gasteiger partial charge is 0.164 e. The maximum atomic E-state index is 5.16. The Labute approximate surface area is 336 Å². The summed E-state index contributed by atoms with van der Waals surface area (Å²) >= 11 is 1.86. The maximum absolute atomic E-state index is 5.16. The van der Waals surface area contributed by atoms with Crippen molar-refractivity contribution in [2.75, 3.05) is 4.90 Å². The van der Waals surface area contributed by atoms with Crippen LogP contribution in [-0.4, -0.2) is 15.0 Å². The average molecular weight is 747 g/mol. The molecule has 9 aromatic rings. The first kappa shape index (κ1) is 33.3. The van der Waals surface area contributed by atoms with Crippen LogP contribution in [0.1, 0.15) is 22.3 Å². The highest BCUT2D eigenvalue weighted by atomic mass is 32.2. The van der Waals surface area contributed by atoms with E-state index in [9.17, 15) is 0 Å². The average Bonchev–Trinajstić information content (AvgIpc) is 3.29. The summed E-state index contributed by atoms with van der Waals surface area (Å²) < 4.78 is 0. The minimum absolute atomic E-state index is 0.512. The maximum Gasteiger partial charge on any atom is 0.164 e. The molecule has 0 saturated heterocycles. The predicted octanol–water partition coefficient (Wildman–Crippen LogP) is 13.2. The van der Waals surface area contributed by atoms with Crippen LogP contribution in [0.25, 0.3) is 45.3 Å². The monoisotopic (exact) mass is 746 g/mol. The Morgan fingerprint density at radius 1 is 0.316 bits per heavy atom. The molecule has 0 bridgehead atoms. The number of anilines is 3. The zero-order valence-corrected chi connectivity index (χ0v) is 31.6. The first-order chi connectivity index (χ1) is 28.3. The van der Waals surface area contributed by atoms with Gasteiger partial charge in [-0.1, -0.05) is 188 Å². The molecule has 5 heteroatoms. The molecule has 3 heterocycles. The normalized spacial score (nSPS) is 13.3. The first-order valence-corrected chi connectivity index (χ1v) is 20.0. The molecule has 0 N–H and O–H groups in total. The Kier molecular flexibility index (Phi) is 7.93. The molecular weight excluding hydrogens is 713 g/mol. The van der Waals surface area contributed by atoms with Crippen LogP contribution in [0.4, 0.5) is 17.1 Å². The van der Waals surface area contributed by atoms with Gasteiger partial charge < -0.3 is 4.90 Å². The molecule has 8 aromatic carbocycles. The van der Waals surface area contributed by atoms with Crippen molar-refractivity contribution in [3.05, 3.63) is 229 Å². The third kappa shape index (κ3) is 5.27. The summed E-state index contributed by atoms with van der Waals surface area (Å²) in [6.07, 6.45) is 0. The molecule has 0 atom stereocenters. The number of nitrogens with zero attached hydrogens (tertiary/aromatic N) is 4. The molecule has 2 aliphatic rings. The van der Waals surface area contributed by atoms with Gasteiger partial charge in [0.25, 0.3) is 0 Å². The number of benzene rings is 8. The van der Waals surface area contributed by atoms with Gasteiger partial charge in [0.1, 0.15) is 0 Å². The van der Waals surface area contributed by atoms with Crippen LogP contribution in [0.15, 0.2) is 216 Å². The molecule has 2 aliphatic heterocycles. The fourth-order valence-corrected chi connectivity index (χ4v) is 10.0. The SMILES string of the molecule is c1ccc(-c2nc(-c3ccccc3)nc(-c3ccccc3-c3ccccc3N3c4ccccc4C4(c5ccccc5Sc5ccccc54)c4ccccc43)n2)cc1. The second kappa shape index (κ2) is 13.6. The van der Waals surface area contributed by atoms with Crippen molar-refractivity contribution in [2.45, 2.75) is 15.2 Å². The van der Waals surface area contributed by atoms with Crippen LogP contribution in [0.3, 0.4) is 0 Å². The van der Waals surface area contributed by atoms with Crippen LogP contribution in [0, 0.1) is 0 Å². The summed E-state index contributed by atoms with van der Waals surface area (Å²) in [4.78, 5) is 20.3. The van der Waals surface area contributed by atoms with Crippen LogP contribution < -0.4 is 4.90 Å². The fourth-order valence-electron chi connectivity index (χ4n) is 8.82. The van der Waals surface area contributed by atoms with Crippen molar-refractivity contribution in [2.24, 2.45) is 0 Å². The quantitative estimate of drug-likeness (QED) is 0.175. The predicted molar refractivity (Wildman–Crippen MR) is 232 cm³/mol. The van der Waals surface area contributed by atoms with Crippen molar-refractivity contribution >= 4 is 28.8 Å². The second-order valence-electron chi connectivity index (χ2n) is 14.3. The Hall–Kier alpha value is -7.08. The lowest BCUT2D eigenvalue weighted by Crippen LogP contribution is -2.39. The van der Waals surface area contributed by atoms with Crippen molar-refractivity contribution in [1.29, 1.82) is 0 Å². The molecule has 0 fully saturated rings. The van der Waals surface area contributed by atoms with Crippen LogP contribution >= 0.6 is 11.8 Å².